The highest BCUT2D eigenvalue weighted by Gasteiger charge is 2.38. The standard InChI is InChI=1S/C14H12F3N3O2S/c1-8(21)20-10-4-2-9(3-5-10)6-18-13(22)11-12(14(15,16)17)19-7-23-11/h2-5,7H,6H2,1H3,(H,18,22)(H,20,21). The van der Waals surface area contributed by atoms with Crippen LogP contribution in [0.15, 0.2) is 29.8 Å². The quantitative estimate of drug-likeness (QED) is 0.896. The van der Waals surface area contributed by atoms with Gasteiger partial charge in [-0.25, -0.2) is 4.98 Å². The van der Waals surface area contributed by atoms with E-state index < -0.39 is 22.7 Å². The summed E-state index contributed by atoms with van der Waals surface area (Å²) in [6.45, 7) is 1.44. The predicted molar refractivity (Wildman–Crippen MR) is 79.0 cm³/mol. The van der Waals surface area contributed by atoms with E-state index in [1.807, 2.05) is 0 Å². The number of halogens is 3. The zero-order valence-corrected chi connectivity index (χ0v) is 12.7. The first-order valence-corrected chi connectivity index (χ1v) is 7.30. The lowest BCUT2D eigenvalue weighted by Gasteiger charge is -2.08. The first-order chi connectivity index (χ1) is 10.8. The summed E-state index contributed by atoms with van der Waals surface area (Å²) in [4.78, 5) is 25.5. The average Bonchev–Trinajstić information content (AvgIpc) is 2.95. The van der Waals surface area contributed by atoms with E-state index >= 15 is 0 Å². The molecule has 2 amide bonds. The van der Waals surface area contributed by atoms with Gasteiger partial charge in [0.2, 0.25) is 5.91 Å². The van der Waals surface area contributed by atoms with E-state index in [2.05, 4.69) is 15.6 Å². The van der Waals surface area contributed by atoms with Crippen LogP contribution in [-0.4, -0.2) is 16.8 Å². The Balaban J connectivity index is 2.00. The van der Waals surface area contributed by atoms with Crippen molar-refractivity contribution in [3.63, 3.8) is 0 Å². The molecule has 0 spiro atoms. The van der Waals surface area contributed by atoms with Crippen molar-refractivity contribution in [3.05, 3.63) is 45.9 Å². The van der Waals surface area contributed by atoms with Gasteiger partial charge in [0.05, 0.1) is 5.51 Å². The molecule has 1 aromatic carbocycles. The Morgan fingerprint density at radius 2 is 1.87 bits per heavy atom. The van der Waals surface area contributed by atoms with Crippen LogP contribution in [0.25, 0.3) is 0 Å². The maximum atomic E-state index is 12.7. The molecule has 0 aliphatic rings. The number of rotatable bonds is 4. The molecule has 2 aromatic rings. The third kappa shape index (κ3) is 4.52. The molecule has 2 N–H and O–H groups in total. The first kappa shape index (κ1) is 16.9. The SMILES string of the molecule is CC(=O)Nc1ccc(CNC(=O)c2scnc2C(F)(F)F)cc1. The van der Waals surface area contributed by atoms with Gasteiger partial charge < -0.3 is 10.6 Å². The van der Waals surface area contributed by atoms with Gasteiger partial charge in [0.25, 0.3) is 5.91 Å². The van der Waals surface area contributed by atoms with Gasteiger partial charge >= 0.3 is 6.18 Å². The fourth-order valence-electron chi connectivity index (χ4n) is 1.78. The van der Waals surface area contributed by atoms with Crippen LogP contribution < -0.4 is 10.6 Å². The Kier molecular flexibility index (Phi) is 4.99. The number of alkyl halides is 3. The molecule has 1 aromatic heterocycles. The van der Waals surface area contributed by atoms with Crippen molar-refractivity contribution >= 4 is 28.8 Å². The minimum absolute atomic E-state index is 0.0639. The van der Waals surface area contributed by atoms with Crippen molar-refractivity contribution in [2.24, 2.45) is 0 Å². The predicted octanol–water partition coefficient (Wildman–Crippen LogP) is 3.05. The maximum Gasteiger partial charge on any atom is 0.434 e. The lowest BCUT2D eigenvalue weighted by Crippen LogP contribution is -2.24. The molecule has 0 unspecified atom stereocenters. The molecule has 0 bridgehead atoms. The molecule has 0 saturated heterocycles. The number of amides is 2. The second kappa shape index (κ2) is 6.78. The highest BCUT2D eigenvalue weighted by atomic mass is 32.1. The molecule has 0 atom stereocenters. The summed E-state index contributed by atoms with van der Waals surface area (Å²) in [5.41, 5.74) is 1.08. The number of nitrogens with one attached hydrogen (secondary N) is 2. The molecule has 23 heavy (non-hydrogen) atoms. The number of carbonyl (C=O) groups is 2. The lowest BCUT2D eigenvalue weighted by molar-refractivity contribution is -0.141. The van der Waals surface area contributed by atoms with Gasteiger partial charge in [0.1, 0.15) is 4.88 Å². The Morgan fingerprint density at radius 1 is 1.22 bits per heavy atom. The third-order valence-corrected chi connectivity index (χ3v) is 3.59. The van der Waals surface area contributed by atoms with Crippen molar-refractivity contribution in [1.82, 2.24) is 10.3 Å². The third-order valence-electron chi connectivity index (χ3n) is 2.77. The Bertz CT molecular complexity index is 711. The molecule has 2 rings (SSSR count). The highest BCUT2D eigenvalue weighted by molar-refractivity contribution is 7.11. The molecular weight excluding hydrogens is 331 g/mol. The second-order valence-corrected chi connectivity index (χ2v) is 5.44. The van der Waals surface area contributed by atoms with Crippen LogP contribution in [0.5, 0.6) is 0 Å². The van der Waals surface area contributed by atoms with E-state index in [9.17, 15) is 22.8 Å². The van der Waals surface area contributed by atoms with E-state index in [4.69, 9.17) is 0 Å². The van der Waals surface area contributed by atoms with Gasteiger partial charge in [-0.05, 0) is 17.7 Å². The number of hydrogen-bond acceptors (Lipinski definition) is 4. The number of anilines is 1. The summed E-state index contributed by atoms with van der Waals surface area (Å²) >= 11 is 0.638. The Hall–Kier alpha value is -2.42. The lowest BCUT2D eigenvalue weighted by atomic mass is 10.2. The van der Waals surface area contributed by atoms with Crippen LogP contribution in [0.1, 0.15) is 27.9 Å². The van der Waals surface area contributed by atoms with Gasteiger partial charge in [-0.3, -0.25) is 9.59 Å². The minimum atomic E-state index is -4.66. The maximum absolute atomic E-state index is 12.7. The van der Waals surface area contributed by atoms with Gasteiger partial charge in [-0.1, -0.05) is 12.1 Å². The van der Waals surface area contributed by atoms with E-state index in [0.29, 0.717) is 22.6 Å². The fourth-order valence-corrected chi connectivity index (χ4v) is 2.50. The highest BCUT2D eigenvalue weighted by Crippen LogP contribution is 2.32. The van der Waals surface area contributed by atoms with Crippen LogP contribution >= 0.6 is 11.3 Å². The van der Waals surface area contributed by atoms with Crippen molar-refractivity contribution in [3.8, 4) is 0 Å². The normalized spacial score (nSPS) is 11.1. The topological polar surface area (TPSA) is 71.1 Å². The van der Waals surface area contributed by atoms with Crippen molar-refractivity contribution in [2.45, 2.75) is 19.6 Å². The molecule has 5 nitrogen and oxygen atoms in total. The molecule has 9 heteroatoms. The number of nitrogens with zero attached hydrogens (tertiary/aromatic N) is 1. The van der Waals surface area contributed by atoms with Crippen LogP contribution in [0.4, 0.5) is 18.9 Å². The first-order valence-electron chi connectivity index (χ1n) is 6.43. The zero-order valence-electron chi connectivity index (χ0n) is 11.9. The van der Waals surface area contributed by atoms with Crippen molar-refractivity contribution < 1.29 is 22.8 Å². The zero-order chi connectivity index (χ0) is 17.0. The van der Waals surface area contributed by atoms with E-state index in [0.717, 1.165) is 5.51 Å². The summed E-state index contributed by atoms with van der Waals surface area (Å²) in [7, 11) is 0. The monoisotopic (exact) mass is 343 g/mol. The largest absolute Gasteiger partial charge is 0.434 e. The van der Waals surface area contributed by atoms with Gasteiger partial charge in [-0.2, -0.15) is 13.2 Å². The molecule has 122 valence electrons. The molecule has 0 saturated carbocycles. The van der Waals surface area contributed by atoms with Gasteiger partial charge in [0.15, 0.2) is 5.69 Å². The number of carbonyl (C=O) groups excluding carboxylic acids is 2. The summed E-state index contributed by atoms with van der Waals surface area (Å²) < 4.78 is 38.1. The summed E-state index contributed by atoms with van der Waals surface area (Å²) in [5, 5.41) is 5.00. The average molecular weight is 343 g/mol. The smallest absolute Gasteiger partial charge is 0.347 e. The van der Waals surface area contributed by atoms with Gasteiger partial charge in [-0.15, -0.1) is 11.3 Å². The van der Waals surface area contributed by atoms with Crippen LogP contribution in [-0.2, 0) is 17.5 Å². The number of hydrogen-bond donors (Lipinski definition) is 2. The van der Waals surface area contributed by atoms with E-state index in [-0.39, 0.29) is 12.5 Å². The van der Waals surface area contributed by atoms with Gasteiger partial charge in [0, 0.05) is 19.2 Å². The minimum Gasteiger partial charge on any atom is -0.347 e. The van der Waals surface area contributed by atoms with Crippen LogP contribution in [0, 0.1) is 0 Å². The summed E-state index contributed by atoms with van der Waals surface area (Å²) in [6, 6.07) is 6.58. The van der Waals surface area contributed by atoms with Crippen molar-refractivity contribution in [1.29, 1.82) is 0 Å². The molecule has 0 radical (unpaired) electrons. The molecule has 0 aliphatic heterocycles. The molecular formula is C14H12F3N3O2S. The summed E-state index contributed by atoms with van der Waals surface area (Å²) in [5.74, 6) is -1.04. The van der Waals surface area contributed by atoms with E-state index in [1.165, 1.54) is 6.92 Å². The number of aromatic nitrogens is 1. The molecule has 1 heterocycles. The van der Waals surface area contributed by atoms with Crippen molar-refractivity contribution in [2.75, 3.05) is 5.32 Å². The molecule has 0 aliphatic carbocycles. The fraction of sp³-hybridized carbons (Fsp3) is 0.214. The number of thiazole rings is 1. The number of benzene rings is 1. The Morgan fingerprint density at radius 3 is 2.43 bits per heavy atom. The van der Waals surface area contributed by atoms with E-state index in [1.54, 1.807) is 24.3 Å². The second-order valence-electron chi connectivity index (χ2n) is 4.59. The Labute approximate surface area is 133 Å². The summed E-state index contributed by atoms with van der Waals surface area (Å²) in [6.07, 6.45) is -4.66. The van der Waals surface area contributed by atoms with Crippen LogP contribution in [0.2, 0.25) is 0 Å². The molecule has 0 fully saturated rings. The van der Waals surface area contributed by atoms with Crippen LogP contribution in [0.3, 0.4) is 0 Å².